The molecule has 0 radical (unpaired) electrons. The molecule has 0 aliphatic heterocycles. The standard InChI is InChI=1S/C14H22BrN3S.HI/c1-4-18(5-2)14(16)17-10-11(3)19-13-8-6-12(15)7-9-13;/h6-9,11H,4-5,10H2,1-3H3,(H2,16,17);1H. The third kappa shape index (κ3) is 7.17. The predicted molar refractivity (Wildman–Crippen MR) is 104 cm³/mol. The number of thioether (sulfide) groups is 1. The lowest BCUT2D eigenvalue weighted by Crippen LogP contribution is -2.37. The number of hydrogen-bond acceptors (Lipinski definition) is 2. The number of nitrogens with two attached hydrogens (primary N) is 1. The van der Waals surface area contributed by atoms with Gasteiger partial charge in [0, 0.05) is 27.7 Å². The molecule has 1 aromatic carbocycles. The summed E-state index contributed by atoms with van der Waals surface area (Å²) < 4.78 is 1.10. The van der Waals surface area contributed by atoms with Crippen molar-refractivity contribution in [1.29, 1.82) is 0 Å². The van der Waals surface area contributed by atoms with Crippen molar-refractivity contribution >= 4 is 57.6 Å². The van der Waals surface area contributed by atoms with Crippen LogP contribution in [0.4, 0.5) is 0 Å². The first-order valence-electron chi connectivity index (χ1n) is 6.53. The molecule has 0 aliphatic rings. The van der Waals surface area contributed by atoms with Gasteiger partial charge in [-0.3, -0.25) is 4.99 Å². The van der Waals surface area contributed by atoms with Gasteiger partial charge in [-0.15, -0.1) is 35.7 Å². The van der Waals surface area contributed by atoms with Crippen LogP contribution in [0.2, 0.25) is 0 Å². The summed E-state index contributed by atoms with van der Waals surface area (Å²) in [5, 5.41) is 0.412. The highest BCUT2D eigenvalue weighted by molar-refractivity contribution is 14.0. The first kappa shape index (κ1) is 20.1. The van der Waals surface area contributed by atoms with Gasteiger partial charge < -0.3 is 10.6 Å². The van der Waals surface area contributed by atoms with Crippen LogP contribution in [0.15, 0.2) is 38.6 Å². The van der Waals surface area contributed by atoms with Gasteiger partial charge in [0.1, 0.15) is 0 Å². The number of aliphatic imine (C=N–C) groups is 1. The Kier molecular flexibility index (Phi) is 10.8. The Morgan fingerprint density at radius 1 is 1.30 bits per heavy atom. The van der Waals surface area contributed by atoms with Crippen LogP contribution in [0.3, 0.4) is 0 Å². The fourth-order valence-corrected chi connectivity index (χ4v) is 2.82. The molecule has 1 aromatic rings. The topological polar surface area (TPSA) is 41.6 Å². The summed E-state index contributed by atoms with van der Waals surface area (Å²) in [7, 11) is 0. The van der Waals surface area contributed by atoms with Crippen molar-refractivity contribution in [3.63, 3.8) is 0 Å². The summed E-state index contributed by atoms with van der Waals surface area (Å²) in [5.74, 6) is 0.647. The number of guanidine groups is 1. The fourth-order valence-electron chi connectivity index (χ4n) is 1.65. The summed E-state index contributed by atoms with van der Waals surface area (Å²) in [6, 6.07) is 8.34. The molecule has 2 N–H and O–H groups in total. The highest BCUT2D eigenvalue weighted by Gasteiger charge is 2.06. The molecule has 0 heterocycles. The lowest BCUT2D eigenvalue weighted by atomic mass is 10.4. The van der Waals surface area contributed by atoms with Crippen molar-refractivity contribution in [3.05, 3.63) is 28.7 Å². The molecule has 6 heteroatoms. The molecule has 0 bridgehead atoms. The summed E-state index contributed by atoms with van der Waals surface area (Å²) in [6.45, 7) is 8.90. The van der Waals surface area contributed by atoms with E-state index in [1.165, 1.54) is 4.90 Å². The van der Waals surface area contributed by atoms with Gasteiger partial charge in [-0.05, 0) is 38.1 Å². The van der Waals surface area contributed by atoms with Crippen molar-refractivity contribution < 1.29 is 0 Å². The van der Waals surface area contributed by atoms with Crippen molar-refractivity contribution in [1.82, 2.24) is 4.90 Å². The molecule has 114 valence electrons. The second-order valence-corrected chi connectivity index (χ2v) is 6.68. The van der Waals surface area contributed by atoms with Crippen molar-refractivity contribution in [2.75, 3.05) is 19.6 Å². The van der Waals surface area contributed by atoms with Gasteiger partial charge in [-0.25, -0.2) is 0 Å². The molecule has 0 saturated heterocycles. The van der Waals surface area contributed by atoms with Gasteiger partial charge in [-0.1, -0.05) is 22.9 Å². The molecule has 1 atom stereocenters. The van der Waals surface area contributed by atoms with Crippen LogP contribution in [0.5, 0.6) is 0 Å². The molecule has 3 nitrogen and oxygen atoms in total. The summed E-state index contributed by atoms with van der Waals surface area (Å²) in [4.78, 5) is 7.79. The average Bonchev–Trinajstić information content (AvgIpc) is 2.40. The Labute approximate surface area is 151 Å². The zero-order valence-corrected chi connectivity index (χ0v) is 16.9. The van der Waals surface area contributed by atoms with Crippen LogP contribution in [0, 0.1) is 0 Å². The highest BCUT2D eigenvalue weighted by Crippen LogP contribution is 2.24. The number of benzene rings is 1. The molecular weight excluding hydrogens is 449 g/mol. The second-order valence-electron chi connectivity index (χ2n) is 4.25. The molecule has 1 rings (SSSR count). The third-order valence-electron chi connectivity index (χ3n) is 2.75. The molecule has 1 unspecified atom stereocenters. The first-order chi connectivity index (χ1) is 9.06. The maximum Gasteiger partial charge on any atom is 0.191 e. The van der Waals surface area contributed by atoms with Crippen molar-refractivity contribution in [2.45, 2.75) is 30.9 Å². The van der Waals surface area contributed by atoms with Crippen LogP contribution in [-0.4, -0.2) is 35.7 Å². The highest BCUT2D eigenvalue weighted by atomic mass is 127. The molecule has 0 aliphatic carbocycles. The van der Waals surface area contributed by atoms with Gasteiger partial charge in [0.2, 0.25) is 0 Å². The maximum atomic E-state index is 5.96. The molecule has 0 saturated carbocycles. The first-order valence-corrected chi connectivity index (χ1v) is 8.21. The van der Waals surface area contributed by atoms with E-state index < -0.39 is 0 Å². The summed E-state index contributed by atoms with van der Waals surface area (Å²) in [6.07, 6.45) is 0. The van der Waals surface area contributed by atoms with Gasteiger partial charge in [0.15, 0.2) is 5.96 Å². The van der Waals surface area contributed by atoms with Gasteiger partial charge in [-0.2, -0.15) is 0 Å². The average molecular weight is 472 g/mol. The minimum Gasteiger partial charge on any atom is -0.370 e. The van der Waals surface area contributed by atoms with E-state index in [2.05, 4.69) is 70.9 Å². The van der Waals surface area contributed by atoms with Crippen LogP contribution in [0.25, 0.3) is 0 Å². The Balaban J connectivity index is 0.00000361. The number of rotatable bonds is 6. The number of halogens is 2. The van der Waals surface area contributed by atoms with E-state index >= 15 is 0 Å². The van der Waals surface area contributed by atoms with E-state index in [1.54, 1.807) is 0 Å². The van der Waals surface area contributed by atoms with E-state index in [4.69, 9.17) is 5.73 Å². The fraction of sp³-hybridized carbons (Fsp3) is 0.500. The zero-order valence-electron chi connectivity index (χ0n) is 12.2. The van der Waals surface area contributed by atoms with Crippen LogP contribution in [0.1, 0.15) is 20.8 Å². The van der Waals surface area contributed by atoms with Gasteiger partial charge >= 0.3 is 0 Å². The second kappa shape index (κ2) is 10.7. The largest absolute Gasteiger partial charge is 0.370 e. The summed E-state index contributed by atoms with van der Waals surface area (Å²) in [5.41, 5.74) is 5.96. The molecule has 20 heavy (non-hydrogen) atoms. The SMILES string of the molecule is CCN(CC)C(N)=NCC(C)Sc1ccc(Br)cc1.I. The summed E-state index contributed by atoms with van der Waals surface area (Å²) >= 11 is 5.26. The Morgan fingerprint density at radius 2 is 1.85 bits per heavy atom. The monoisotopic (exact) mass is 471 g/mol. The number of hydrogen-bond donors (Lipinski definition) is 1. The van der Waals surface area contributed by atoms with Gasteiger partial charge in [0.25, 0.3) is 0 Å². The Bertz CT molecular complexity index is 407. The molecule has 0 fully saturated rings. The van der Waals surface area contributed by atoms with E-state index in [0.29, 0.717) is 11.2 Å². The predicted octanol–water partition coefficient (Wildman–Crippen LogP) is 4.20. The van der Waals surface area contributed by atoms with Crippen LogP contribution < -0.4 is 5.73 Å². The normalized spacial score (nSPS) is 12.7. The van der Waals surface area contributed by atoms with E-state index in [0.717, 1.165) is 24.1 Å². The van der Waals surface area contributed by atoms with Crippen LogP contribution in [-0.2, 0) is 0 Å². The molecule has 0 aromatic heterocycles. The van der Waals surface area contributed by atoms with E-state index in [9.17, 15) is 0 Å². The minimum atomic E-state index is 0. The molecule has 0 spiro atoms. The van der Waals surface area contributed by atoms with Gasteiger partial charge in [0.05, 0.1) is 6.54 Å². The number of nitrogens with zero attached hydrogens (tertiary/aromatic N) is 2. The maximum absolute atomic E-state index is 5.96. The van der Waals surface area contributed by atoms with E-state index in [1.807, 2.05) is 11.8 Å². The smallest absolute Gasteiger partial charge is 0.191 e. The minimum absolute atomic E-state index is 0. The third-order valence-corrected chi connectivity index (χ3v) is 4.37. The van der Waals surface area contributed by atoms with Crippen molar-refractivity contribution in [2.24, 2.45) is 10.7 Å². The van der Waals surface area contributed by atoms with Crippen molar-refractivity contribution in [3.8, 4) is 0 Å². The van der Waals surface area contributed by atoms with Crippen LogP contribution >= 0.6 is 51.7 Å². The Hall–Kier alpha value is 0.0500. The zero-order chi connectivity index (χ0) is 14.3. The van der Waals surface area contributed by atoms with E-state index in [-0.39, 0.29) is 24.0 Å². The lowest BCUT2D eigenvalue weighted by molar-refractivity contribution is 0.458. The Morgan fingerprint density at radius 3 is 2.35 bits per heavy atom. The molecule has 0 amide bonds. The quantitative estimate of drug-likeness (QED) is 0.292. The lowest BCUT2D eigenvalue weighted by Gasteiger charge is -2.20. The molecular formula is C14H23BrIN3S.